The van der Waals surface area contributed by atoms with Gasteiger partial charge in [0.05, 0.1) is 6.42 Å². The zero-order valence-electron chi connectivity index (χ0n) is 9.51. The van der Waals surface area contributed by atoms with Gasteiger partial charge >= 0.3 is 11.9 Å². The van der Waals surface area contributed by atoms with Gasteiger partial charge in [-0.1, -0.05) is 29.8 Å². The molecule has 0 aliphatic heterocycles. The van der Waals surface area contributed by atoms with E-state index in [4.69, 9.17) is 10.2 Å². The third kappa shape index (κ3) is 4.24. The van der Waals surface area contributed by atoms with Crippen LogP contribution in [0.25, 0.3) is 0 Å². The molecule has 92 valence electrons. The molecule has 0 saturated carbocycles. The van der Waals surface area contributed by atoms with Crippen molar-refractivity contribution >= 4 is 11.9 Å². The fraction of sp³-hybridized carbons (Fsp3) is 0.333. The maximum Gasteiger partial charge on any atom is 0.325 e. The highest BCUT2D eigenvalue weighted by Crippen LogP contribution is 2.14. The minimum Gasteiger partial charge on any atom is -0.481 e. The Kier molecular flexibility index (Phi) is 4.66. The summed E-state index contributed by atoms with van der Waals surface area (Å²) < 4.78 is 0. The van der Waals surface area contributed by atoms with Gasteiger partial charge in [-0.3, -0.25) is 9.59 Å². The highest BCUT2D eigenvalue weighted by molar-refractivity contribution is 5.75. The molecular formula is C12H15NO4. The molecule has 0 aromatic heterocycles. The Hall–Kier alpha value is -1.88. The van der Waals surface area contributed by atoms with Crippen molar-refractivity contribution in [3.63, 3.8) is 0 Å². The van der Waals surface area contributed by atoms with Crippen molar-refractivity contribution < 1.29 is 19.8 Å². The van der Waals surface area contributed by atoms with Crippen molar-refractivity contribution in [3.05, 3.63) is 35.4 Å². The molecule has 0 heterocycles. The Bertz CT molecular complexity index is 399. The largest absolute Gasteiger partial charge is 0.481 e. The maximum absolute atomic E-state index is 11.1. The standard InChI is InChI=1S/C12H15NO4/c1-8-2-4-9(5-3-8)11(12(16)17)13-7-6-10(14)15/h2-5,11,13H,6-7H2,1H3,(H,14,15)(H,16,17). The number of aliphatic carboxylic acids is 2. The summed E-state index contributed by atoms with van der Waals surface area (Å²) in [5, 5.41) is 20.2. The van der Waals surface area contributed by atoms with E-state index in [-0.39, 0.29) is 13.0 Å². The molecule has 0 bridgehead atoms. The van der Waals surface area contributed by atoms with Crippen LogP contribution in [0.3, 0.4) is 0 Å². The van der Waals surface area contributed by atoms with Crippen molar-refractivity contribution in [1.82, 2.24) is 5.32 Å². The molecular weight excluding hydrogens is 222 g/mol. The van der Waals surface area contributed by atoms with Gasteiger partial charge in [-0.05, 0) is 12.5 Å². The van der Waals surface area contributed by atoms with E-state index in [1.807, 2.05) is 19.1 Å². The van der Waals surface area contributed by atoms with Gasteiger partial charge in [-0.15, -0.1) is 0 Å². The summed E-state index contributed by atoms with van der Waals surface area (Å²) in [6, 6.07) is 6.23. The molecule has 0 amide bonds. The molecule has 3 N–H and O–H groups in total. The Morgan fingerprint density at radius 3 is 2.29 bits per heavy atom. The third-order valence-electron chi connectivity index (χ3n) is 2.34. The summed E-state index contributed by atoms with van der Waals surface area (Å²) in [5.74, 6) is -1.97. The normalized spacial score (nSPS) is 12.1. The first-order valence-corrected chi connectivity index (χ1v) is 5.25. The van der Waals surface area contributed by atoms with Gasteiger partial charge in [-0.25, -0.2) is 0 Å². The molecule has 1 unspecified atom stereocenters. The number of hydrogen-bond donors (Lipinski definition) is 3. The van der Waals surface area contributed by atoms with E-state index in [1.54, 1.807) is 12.1 Å². The predicted octanol–water partition coefficient (Wildman–Crippen LogP) is 1.19. The van der Waals surface area contributed by atoms with Gasteiger partial charge in [0.1, 0.15) is 6.04 Å². The molecule has 0 aliphatic carbocycles. The van der Waals surface area contributed by atoms with Crippen LogP contribution in [-0.4, -0.2) is 28.7 Å². The molecule has 0 spiro atoms. The molecule has 0 aliphatic rings. The van der Waals surface area contributed by atoms with Crippen LogP contribution < -0.4 is 5.32 Å². The predicted molar refractivity (Wildman–Crippen MR) is 61.8 cm³/mol. The average molecular weight is 237 g/mol. The van der Waals surface area contributed by atoms with Crippen molar-refractivity contribution in [2.45, 2.75) is 19.4 Å². The van der Waals surface area contributed by atoms with Crippen LogP contribution in [0.15, 0.2) is 24.3 Å². The zero-order valence-corrected chi connectivity index (χ0v) is 9.51. The van der Waals surface area contributed by atoms with Crippen LogP contribution in [0.5, 0.6) is 0 Å². The number of carboxylic acids is 2. The quantitative estimate of drug-likeness (QED) is 0.691. The van der Waals surface area contributed by atoms with E-state index in [9.17, 15) is 9.59 Å². The summed E-state index contributed by atoms with van der Waals surface area (Å²) in [4.78, 5) is 21.4. The molecule has 5 heteroatoms. The summed E-state index contributed by atoms with van der Waals surface area (Å²) in [6.07, 6.45) is -0.102. The van der Waals surface area contributed by atoms with E-state index in [0.29, 0.717) is 5.56 Å². The average Bonchev–Trinajstić information content (AvgIpc) is 2.25. The summed E-state index contributed by atoms with van der Waals surface area (Å²) >= 11 is 0. The van der Waals surface area contributed by atoms with Gasteiger partial charge in [0, 0.05) is 6.54 Å². The number of aryl methyl sites for hydroxylation is 1. The Morgan fingerprint density at radius 2 is 1.82 bits per heavy atom. The molecule has 1 aromatic rings. The number of hydrogen-bond acceptors (Lipinski definition) is 3. The summed E-state index contributed by atoms with van der Waals surface area (Å²) in [5.41, 5.74) is 1.66. The lowest BCUT2D eigenvalue weighted by molar-refractivity contribution is -0.141. The van der Waals surface area contributed by atoms with E-state index < -0.39 is 18.0 Å². The maximum atomic E-state index is 11.1. The van der Waals surface area contributed by atoms with Crippen LogP contribution in [0.4, 0.5) is 0 Å². The first-order chi connectivity index (χ1) is 8.00. The van der Waals surface area contributed by atoms with Crippen LogP contribution >= 0.6 is 0 Å². The molecule has 0 fully saturated rings. The van der Waals surface area contributed by atoms with Crippen molar-refractivity contribution in [3.8, 4) is 0 Å². The van der Waals surface area contributed by atoms with Crippen LogP contribution in [-0.2, 0) is 9.59 Å². The van der Waals surface area contributed by atoms with E-state index in [1.165, 1.54) is 0 Å². The van der Waals surface area contributed by atoms with Gasteiger partial charge in [0.25, 0.3) is 0 Å². The molecule has 1 aromatic carbocycles. The number of carboxylic acid groups (broad SMARTS) is 2. The fourth-order valence-electron chi connectivity index (χ4n) is 1.43. The second-order valence-electron chi connectivity index (χ2n) is 3.78. The fourth-order valence-corrected chi connectivity index (χ4v) is 1.43. The highest BCUT2D eigenvalue weighted by atomic mass is 16.4. The lowest BCUT2D eigenvalue weighted by Gasteiger charge is -2.14. The zero-order chi connectivity index (χ0) is 12.8. The monoisotopic (exact) mass is 237 g/mol. The topological polar surface area (TPSA) is 86.6 Å². The van der Waals surface area contributed by atoms with Crippen molar-refractivity contribution in [2.75, 3.05) is 6.54 Å². The molecule has 0 radical (unpaired) electrons. The van der Waals surface area contributed by atoms with Crippen LogP contribution in [0, 0.1) is 6.92 Å². The van der Waals surface area contributed by atoms with Crippen LogP contribution in [0.1, 0.15) is 23.6 Å². The molecule has 1 atom stereocenters. The van der Waals surface area contributed by atoms with Gasteiger partial charge in [0.15, 0.2) is 0 Å². The highest BCUT2D eigenvalue weighted by Gasteiger charge is 2.18. The van der Waals surface area contributed by atoms with Gasteiger partial charge in [0.2, 0.25) is 0 Å². The van der Waals surface area contributed by atoms with Gasteiger partial charge < -0.3 is 15.5 Å². The second-order valence-corrected chi connectivity index (χ2v) is 3.78. The van der Waals surface area contributed by atoms with E-state index in [2.05, 4.69) is 5.32 Å². The van der Waals surface area contributed by atoms with Crippen molar-refractivity contribution in [2.24, 2.45) is 0 Å². The summed E-state index contributed by atoms with van der Waals surface area (Å²) in [7, 11) is 0. The third-order valence-corrected chi connectivity index (χ3v) is 2.34. The SMILES string of the molecule is Cc1ccc(C(NCCC(=O)O)C(=O)O)cc1. The van der Waals surface area contributed by atoms with E-state index in [0.717, 1.165) is 5.56 Å². The smallest absolute Gasteiger partial charge is 0.325 e. The molecule has 5 nitrogen and oxygen atoms in total. The number of nitrogens with one attached hydrogen (secondary N) is 1. The minimum atomic E-state index is -1.01. The minimum absolute atomic E-state index is 0.102. The summed E-state index contributed by atoms with van der Waals surface area (Å²) in [6.45, 7) is 2.04. The Morgan fingerprint density at radius 1 is 1.24 bits per heavy atom. The Balaban J connectivity index is 2.69. The Labute approximate surface area is 99.1 Å². The number of carbonyl (C=O) groups is 2. The molecule has 0 saturated heterocycles. The molecule has 1 rings (SSSR count). The first kappa shape index (κ1) is 13.2. The second kappa shape index (κ2) is 6.00. The first-order valence-electron chi connectivity index (χ1n) is 5.25. The lowest BCUT2D eigenvalue weighted by atomic mass is 10.1. The number of benzene rings is 1. The number of rotatable bonds is 6. The molecule has 17 heavy (non-hydrogen) atoms. The lowest BCUT2D eigenvalue weighted by Crippen LogP contribution is -2.30. The van der Waals surface area contributed by atoms with Gasteiger partial charge in [-0.2, -0.15) is 0 Å². The van der Waals surface area contributed by atoms with E-state index >= 15 is 0 Å². The van der Waals surface area contributed by atoms with Crippen molar-refractivity contribution in [1.29, 1.82) is 0 Å². The van der Waals surface area contributed by atoms with Crippen LogP contribution in [0.2, 0.25) is 0 Å².